The van der Waals surface area contributed by atoms with Gasteiger partial charge in [-0.05, 0) is 43.3 Å². The monoisotopic (exact) mass is 378 g/mol. The number of anilines is 1. The lowest BCUT2D eigenvalue weighted by Gasteiger charge is -2.09. The summed E-state index contributed by atoms with van der Waals surface area (Å²) in [5.74, 6) is -0.663. The Balaban J connectivity index is 1.97. The molecule has 26 heavy (non-hydrogen) atoms. The first-order valence-electron chi connectivity index (χ1n) is 7.62. The number of sulfonamides is 1. The van der Waals surface area contributed by atoms with Crippen molar-refractivity contribution >= 4 is 27.6 Å². The fraction of sp³-hybridized carbons (Fsp3) is 0.176. The topological polar surface area (TPSA) is 125 Å². The van der Waals surface area contributed by atoms with Gasteiger partial charge in [-0.25, -0.2) is 18.4 Å². The number of nitrogens with two attached hydrogens (primary N) is 1. The second-order valence-corrected chi connectivity index (χ2v) is 6.72. The first-order chi connectivity index (χ1) is 12.3. The van der Waals surface area contributed by atoms with Gasteiger partial charge in [0.15, 0.2) is 6.61 Å². The van der Waals surface area contributed by atoms with E-state index in [0.29, 0.717) is 11.3 Å². The van der Waals surface area contributed by atoms with Crippen molar-refractivity contribution in [2.24, 2.45) is 5.14 Å². The molecule has 0 heterocycles. The fourth-order valence-electron chi connectivity index (χ4n) is 2.02. The summed E-state index contributed by atoms with van der Waals surface area (Å²) in [5, 5.41) is 7.56. The van der Waals surface area contributed by atoms with Gasteiger partial charge in [0.1, 0.15) is 5.75 Å². The summed E-state index contributed by atoms with van der Waals surface area (Å²) < 4.78 is 32.9. The van der Waals surface area contributed by atoms with Crippen LogP contribution in [0, 0.1) is 0 Å². The molecule has 0 spiro atoms. The summed E-state index contributed by atoms with van der Waals surface area (Å²) >= 11 is 0. The van der Waals surface area contributed by atoms with E-state index < -0.39 is 21.9 Å². The average Bonchev–Trinajstić information content (AvgIpc) is 2.60. The second kappa shape index (κ2) is 8.45. The zero-order chi connectivity index (χ0) is 19.2. The molecule has 0 saturated carbocycles. The number of carbonyl (C=O) groups is 2. The largest absolute Gasteiger partial charge is 0.484 e. The minimum atomic E-state index is -3.86. The van der Waals surface area contributed by atoms with E-state index in [1.807, 2.05) is 0 Å². The third-order valence-corrected chi connectivity index (χ3v) is 4.07. The molecule has 0 unspecified atom stereocenters. The molecule has 0 aliphatic rings. The number of ether oxygens (including phenoxy) is 2. The summed E-state index contributed by atoms with van der Waals surface area (Å²) in [6.45, 7) is 1.63. The Hall–Kier alpha value is -2.91. The van der Waals surface area contributed by atoms with Gasteiger partial charge >= 0.3 is 5.97 Å². The highest BCUT2D eigenvalue weighted by atomic mass is 32.2. The van der Waals surface area contributed by atoms with Crippen LogP contribution in [-0.2, 0) is 19.6 Å². The van der Waals surface area contributed by atoms with Crippen LogP contribution in [0.2, 0.25) is 0 Å². The van der Waals surface area contributed by atoms with Crippen LogP contribution in [0.3, 0.4) is 0 Å². The number of primary sulfonamides is 1. The standard InChI is InChI=1S/C17H18N2O6S/c1-2-24-17(21)12-5-3-7-14(9-12)25-11-16(20)19-13-6-4-8-15(10-13)26(18,22)23/h3-10H,2,11H2,1H3,(H,19,20)(H2,18,22,23). The Bertz CT molecular complexity index is 911. The van der Waals surface area contributed by atoms with Gasteiger partial charge in [-0.1, -0.05) is 12.1 Å². The predicted molar refractivity (Wildman–Crippen MR) is 94.3 cm³/mol. The molecule has 138 valence electrons. The van der Waals surface area contributed by atoms with E-state index in [1.54, 1.807) is 25.1 Å². The number of benzene rings is 2. The van der Waals surface area contributed by atoms with Crippen molar-refractivity contribution in [3.63, 3.8) is 0 Å². The van der Waals surface area contributed by atoms with Crippen molar-refractivity contribution in [2.75, 3.05) is 18.5 Å². The van der Waals surface area contributed by atoms with E-state index in [1.165, 1.54) is 30.3 Å². The van der Waals surface area contributed by atoms with Gasteiger partial charge in [-0.2, -0.15) is 0 Å². The van der Waals surface area contributed by atoms with Gasteiger partial charge in [0.05, 0.1) is 17.1 Å². The first-order valence-corrected chi connectivity index (χ1v) is 9.17. The predicted octanol–water partition coefficient (Wildman–Crippen LogP) is 1.53. The maximum atomic E-state index is 12.0. The molecular formula is C17H18N2O6S. The maximum Gasteiger partial charge on any atom is 0.338 e. The molecule has 2 aromatic rings. The number of hydrogen-bond donors (Lipinski definition) is 2. The van der Waals surface area contributed by atoms with E-state index in [-0.39, 0.29) is 23.8 Å². The van der Waals surface area contributed by atoms with Crippen molar-refractivity contribution in [3.05, 3.63) is 54.1 Å². The summed E-state index contributed by atoms with van der Waals surface area (Å²) in [6.07, 6.45) is 0. The van der Waals surface area contributed by atoms with Gasteiger partial charge in [-0.3, -0.25) is 4.79 Å². The van der Waals surface area contributed by atoms with E-state index in [2.05, 4.69) is 5.32 Å². The van der Waals surface area contributed by atoms with Gasteiger partial charge in [0, 0.05) is 5.69 Å². The zero-order valence-corrected chi connectivity index (χ0v) is 14.8. The minimum Gasteiger partial charge on any atom is -0.484 e. The van der Waals surface area contributed by atoms with E-state index >= 15 is 0 Å². The van der Waals surface area contributed by atoms with Gasteiger partial charge in [0.25, 0.3) is 5.91 Å². The second-order valence-electron chi connectivity index (χ2n) is 5.16. The fourth-order valence-corrected chi connectivity index (χ4v) is 2.58. The quantitative estimate of drug-likeness (QED) is 0.704. The molecule has 9 heteroatoms. The molecule has 0 bridgehead atoms. The Morgan fingerprint density at radius 1 is 1.12 bits per heavy atom. The van der Waals surface area contributed by atoms with E-state index in [0.717, 1.165) is 0 Å². The Morgan fingerprint density at radius 3 is 2.54 bits per heavy atom. The van der Waals surface area contributed by atoms with Gasteiger partial charge in [-0.15, -0.1) is 0 Å². The summed E-state index contributed by atoms with van der Waals surface area (Å²) in [7, 11) is -3.86. The third-order valence-electron chi connectivity index (χ3n) is 3.16. The van der Waals surface area contributed by atoms with Crippen molar-refractivity contribution in [1.82, 2.24) is 0 Å². The molecule has 0 aliphatic heterocycles. The number of amides is 1. The Morgan fingerprint density at radius 2 is 1.85 bits per heavy atom. The van der Waals surface area contributed by atoms with Gasteiger partial charge in [0.2, 0.25) is 10.0 Å². The normalized spacial score (nSPS) is 10.8. The van der Waals surface area contributed by atoms with E-state index in [9.17, 15) is 18.0 Å². The molecule has 0 radical (unpaired) electrons. The number of esters is 1. The van der Waals surface area contributed by atoms with Crippen molar-refractivity contribution < 1.29 is 27.5 Å². The number of nitrogens with one attached hydrogen (secondary N) is 1. The molecule has 3 N–H and O–H groups in total. The van der Waals surface area contributed by atoms with Crippen molar-refractivity contribution in [2.45, 2.75) is 11.8 Å². The third kappa shape index (κ3) is 5.57. The minimum absolute atomic E-state index is 0.113. The molecule has 0 atom stereocenters. The smallest absolute Gasteiger partial charge is 0.338 e. The lowest BCUT2D eigenvalue weighted by atomic mass is 10.2. The molecule has 0 saturated heterocycles. The van der Waals surface area contributed by atoms with Crippen LogP contribution >= 0.6 is 0 Å². The SMILES string of the molecule is CCOC(=O)c1cccc(OCC(=O)Nc2cccc(S(N)(=O)=O)c2)c1. The first kappa shape index (κ1) is 19.4. The van der Waals surface area contributed by atoms with Gasteiger partial charge < -0.3 is 14.8 Å². The maximum absolute atomic E-state index is 12.0. The highest BCUT2D eigenvalue weighted by molar-refractivity contribution is 7.89. The number of carbonyl (C=O) groups excluding carboxylic acids is 2. The summed E-state index contributed by atoms with van der Waals surface area (Å²) in [6, 6.07) is 11.8. The summed E-state index contributed by atoms with van der Waals surface area (Å²) in [5.41, 5.74) is 0.580. The molecule has 1 amide bonds. The lowest BCUT2D eigenvalue weighted by Crippen LogP contribution is -2.20. The van der Waals surface area contributed by atoms with Crippen LogP contribution in [0.1, 0.15) is 17.3 Å². The van der Waals surface area contributed by atoms with Crippen LogP contribution in [0.25, 0.3) is 0 Å². The molecule has 0 fully saturated rings. The van der Waals surface area contributed by atoms with Crippen molar-refractivity contribution in [3.8, 4) is 5.75 Å². The number of hydrogen-bond acceptors (Lipinski definition) is 6. The van der Waals surface area contributed by atoms with Crippen LogP contribution < -0.4 is 15.2 Å². The highest BCUT2D eigenvalue weighted by Crippen LogP contribution is 2.16. The van der Waals surface area contributed by atoms with Crippen LogP contribution in [0.15, 0.2) is 53.4 Å². The molecule has 8 nitrogen and oxygen atoms in total. The van der Waals surface area contributed by atoms with Crippen LogP contribution in [0.5, 0.6) is 5.75 Å². The van der Waals surface area contributed by atoms with Crippen LogP contribution in [0.4, 0.5) is 5.69 Å². The average molecular weight is 378 g/mol. The Kier molecular flexibility index (Phi) is 6.31. The molecule has 0 aromatic heterocycles. The molecule has 0 aliphatic carbocycles. The highest BCUT2D eigenvalue weighted by Gasteiger charge is 2.11. The van der Waals surface area contributed by atoms with Crippen molar-refractivity contribution in [1.29, 1.82) is 0 Å². The van der Waals surface area contributed by atoms with E-state index in [4.69, 9.17) is 14.6 Å². The summed E-state index contributed by atoms with van der Waals surface area (Å²) in [4.78, 5) is 23.5. The van der Waals surface area contributed by atoms with Crippen LogP contribution in [-0.4, -0.2) is 33.5 Å². The number of rotatable bonds is 7. The Labute approximate surface area is 151 Å². The lowest BCUT2D eigenvalue weighted by molar-refractivity contribution is -0.118. The molecule has 2 aromatic carbocycles. The molecular weight excluding hydrogens is 360 g/mol. The molecule has 2 rings (SSSR count). The zero-order valence-electron chi connectivity index (χ0n) is 14.0.